The van der Waals surface area contributed by atoms with Crippen LogP contribution in [0, 0.1) is 0 Å². The molecule has 1 aliphatic heterocycles. The molecule has 0 amide bonds. The maximum Gasteiger partial charge on any atom is 0.0957 e. The van der Waals surface area contributed by atoms with E-state index in [1.807, 2.05) is 25.3 Å². The molecule has 19 heavy (non-hydrogen) atoms. The summed E-state index contributed by atoms with van der Waals surface area (Å²) in [4.78, 5) is 8.89. The van der Waals surface area contributed by atoms with E-state index in [0.29, 0.717) is 6.42 Å². The number of β-amino-alcohol motifs (C(OH)–C–C–N with tert-alkyl or cyclic N) is 1. The van der Waals surface area contributed by atoms with Gasteiger partial charge < -0.3 is 15.1 Å². The Labute approximate surface area is 114 Å². The molecule has 0 aliphatic carbocycles. The van der Waals surface area contributed by atoms with Gasteiger partial charge >= 0.3 is 0 Å². The monoisotopic (exact) mass is 265 g/mol. The van der Waals surface area contributed by atoms with Crippen LogP contribution in [0.25, 0.3) is 0 Å². The minimum absolute atomic E-state index is 0.227. The van der Waals surface area contributed by atoms with E-state index in [1.165, 1.54) is 0 Å². The molecule has 2 N–H and O–H groups in total. The Morgan fingerprint density at radius 2 is 2.00 bits per heavy atom. The molecule has 1 aromatic rings. The number of nitrogens with zero attached hydrogens (tertiary/aromatic N) is 3. The summed E-state index contributed by atoms with van der Waals surface area (Å²) in [5.41, 5.74) is 1.85. The molecule has 1 unspecified atom stereocenters. The van der Waals surface area contributed by atoms with E-state index in [2.05, 4.69) is 14.8 Å². The van der Waals surface area contributed by atoms with Gasteiger partial charge in [0.25, 0.3) is 0 Å². The van der Waals surface area contributed by atoms with Crippen LogP contribution in [-0.2, 0) is 0 Å². The lowest BCUT2D eigenvalue weighted by Gasteiger charge is -2.35. The van der Waals surface area contributed by atoms with Crippen LogP contribution in [0.15, 0.2) is 18.3 Å². The average Bonchev–Trinajstić information content (AvgIpc) is 2.48. The Balaban J connectivity index is 1.92. The molecule has 1 aliphatic rings. The van der Waals surface area contributed by atoms with Crippen LogP contribution in [0.3, 0.4) is 0 Å². The zero-order valence-corrected chi connectivity index (χ0v) is 11.5. The van der Waals surface area contributed by atoms with Crippen molar-refractivity contribution in [3.8, 4) is 0 Å². The van der Waals surface area contributed by atoms with Crippen molar-refractivity contribution in [2.24, 2.45) is 0 Å². The Kier molecular flexibility index (Phi) is 5.13. The number of pyridine rings is 1. The predicted molar refractivity (Wildman–Crippen MR) is 75.2 cm³/mol. The minimum atomic E-state index is -0.463. The van der Waals surface area contributed by atoms with Crippen molar-refractivity contribution in [3.05, 3.63) is 24.0 Å². The largest absolute Gasteiger partial charge is 0.395 e. The second kappa shape index (κ2) is 6.84. The Hall–Kier alpha value is -1.17. The number of hydrogen-bond acceptors (Lipinski definition) is 5. The molecule has 2 rings (SSSR count). The molecule has 5 heteroatoms. The second-order valence-corrected chi connectivity index (χ2v) is 4.92. The van der Waals surface area contributed by atoms with E-state index in [0.717, 1.165) is 44.1 Å². The molecule has 0 bridgehead atoms. The average molecular weight is 265 g/mol. The standard InChI is InChI=1S/C14H23N3O2/c1-2-14(19)13-4-3-12(11-15-13)17-7-5-16(6-8-17)9-10-18/h3-4,11,14,18-19H,2,5-10H2,1H3. The lowest BCUT2D eigenvalue weighted by molar-refractivity contribution is 0.169. The van der Waals surface area contributed by atoms with Crippen molar-refractivity contribution in [2.75, 3.05) is 44.2 Å². The maximum absolute atomic E-state index is 9.72. The third kappa shape index (κ3) is 3.65. The van der Waals surface area contributed by atoms with Crippen molar-refractivity contribution < 1.29 is 10.2 Å². The van der Waals surface area contributed by atoms with E-state index in [-0.39, 0.29) is 6.61 Å². The fraction of sp³-hybridized carbons (Fsp3) is 0.643. The summed E-state index contributed by atoms with van der Waals surface area (Å²) in [5.74, 6) is 0. The highest BCUT2D eigenvalue weighted by Crippen LogP contribution is 2.19. The van der Waals surface area contributed by atoms with Gasteiger partial charge in [-0.1, -0.05) is 6.92 Å². The third-order valence-corrected chi connectivity index (χ3v) is 3.65. The van der Waals surface area contributed by atoms with E-state index < -0.39 is 6.10 Å². The van der Waals surface area contributed by atoms with Gasteiger partial charge in [0.05, 0.1) is 30.3 Å². The van der Waals surface area contributed by atoms with Crippen LogP contribution in [0.4, 0.5) is 5.69 Å². The summed E-state index contributed by atoms with van der Waals surface area (Å²) in [6.07, 6.45) is 2.07. The van der Waals surface area contributed by atoms with Crippen LogP contribution in [0.5, 0.6) is 0 Å². The Bertz CT molecular complexity index is 375. The number of anilines is 1. The number of rotatable bonds is 5. The molecule has 0 spiro atoms. The topological polar surface area (TPSA) is 59.8 Å². The van der Waals surface area contributed by atoms with Crippen molar-refractivity contribution in [2.45, 2.75) is 19.4 Å². The fourth-order valence-electron chi connectivity index (χ4n) is 2.36. The summed E-state index contributed by atoms with van der Waals surface area (Å²) < 4.78 is 0. The predicted octanol–water partition coefficient (Wildman–Crippen LogP) is 0.639. The first-order valence-electron chi connectivity index (χ1n) is 6.96. The van der Waals surface area contributed by atoms with Gasteiger partial charge in [0, 0.05) is 32.7 Å². The van der Waals surface area contributed by atoms with Crippen molar-refractivity contribution in [1.82, 2.24) is 9.88 Å². The molecule has 2 heterocycles. The van der Waals surface area contributed by atoms with Crippen LogP contribution in [0.2, 0.25) is 0 Å². The summed E-state index contributed by atoms with van der Waals surface area (Å²) in [5, 5.41) is 18.6. The first kappa shape index (κ1) is 14.2. The van der Waals surface area contributed by atoms with E-state index in [1.54, 1.807) is 0 Å². The van der Waals surface area contributed by atoms with Gasteiger partial charge in [-0.2, -0.15) is 0 Å². The molecule has 1 fully saturated rings. The van der Waals surface area contributed by atoms with E-state index in [4.69, 9.17) is 5.11 Å². The number of aliphatic hydroxyl groups is 2. The van der Waals surface area contributed by atoms with Crippen LogP contribution in [0.1, 0.15) is 25.1 Å². The van der Waals surface area contributed by atoms with Crippen LogP contribution < -0.4 is 4.90 Å². The van der Waals surface area contributed by atoms with E-state index in [9.17, 15) is 5.11 Å². The normalized spacial score (nSPS) is 18.6. The van der Waals surface area contributed by atoms with Gasteiger partial charge in [0.1, 0.15) is 0 Å². The minimum Gasteiger partial charge on any atom is -0.395 e. The fourth-order valence-corrected chi connectivity index (χ4v) is 2.36. The van der Waals surface area contributed by atoms with Gasteiger partial charge in [-0.3, -0.25) is 9.88 Å². The molecule has 0 radical (unpaired) electrons. The third-order valence-electron chi connectivity index (χ3n) is 3.65. The number of hydrogen-bond donors (Lipinski definition) is 2. The highest BCUT2D eigenvalue weighted by molar-refractivity contribution is 5.45. The van der Waals surface area contributed by atoms with Gasteiger partial charge in [-0.05, 0) is 18.6 Å². The molecule has 1 atom stereocenters. The van der Waals surface area contributed by atoms with Crippen LogP contribution in [-0.4, -0.2) is 59.4 Å². The van der Waals surface area contributed by atoms with Gasteiger partial charge in [0.2, 0.25) is 0 Å². The molecule has 1 saturated heterocycles. The quantitative estimate of drug-likeness (QED) is 0.818. The summed E-state index contributed by atoms with van der Waals surface area (Å²) in [6.45, 7) is 6.79. The van der Waals surface area contributed by atoms with Crippen molar-refractivity contribution in [3.63, 3.8) is 0 Å². The van der Waals surface area contributed by atoms with Gasteiger partial charge in [0.15, 0.2) is 0 Å². The smallest absolute Gasteiger partial charge is 0.0957 e. The molecular weight excluding hydrogens is 242 g/mol. The molecule has 0 saturated carbocycles. The zero-order chi connectivity index (χ0) is 13.7. The first-order valence-corrected chi connectivity index (χ1v) is 6.96. The van der Waals surface area contributed by atoms with Crippen molar-refractivity contribution in [1.29, 1.82) is 0 Å². The zero-order valence-electron chi connectivity index (χ0n) is 11.5. The molecule has 0 aromatic carbocycles. The lowest BCUT2D eigenvalue weighted by Crippen LogP contribution is -2.47. The lowest BCUT2D eigenvalue weighted by atomic mass is 10.2. The van der Waals surface area contributed by atoms with Crippen molar-refractivity contribution >= 4 is 5.69 Å². The van der Waals surface area contributed by atoms with E-state index >= 15 is 0 Å². The Morgan fingerprint density at radius 1 is 1.26 bits per heavy atom. The molecule has 106 valence electrons. The first-order chi connectivity index (χ1) is 9.24. The highest BCUT2D eigenvalue weighted by atomic mass is 16.3. The van der Waals surface area contributed by atoms with Gasteiger partial charge in [-0.25, -0.2) is 0 Å². The summed E-state index contributed by atoms with van der Waals surface area (Å²) >= 11 is 0. The van der Waals surface area contributed by atoms with Gasteiger partial charge in [-0.15, -0.1) is 0 Å². The number of aromatic nitrogens is 1. The maximum atomic E-state index is 9.72. The van der Waals surface area contributed by atoms with Crippen LogP contribution >= 0.6 is 0 Å². The SMILES string of the molecule is CCC(O)c1ccc(N2CCN(CCO)CC2)cn1. The second-order valence-electron chi connectivity index (χ2n) is 4.92. The molecule has 1 aromatic heterocycles. The summed E-state index contributed by atoms with van der Waals surface area (Å²) in [6, 6.07) is 3.94. The highest BCUT2D eigenvalue weighted by Gasteiger charge is 2.17. The molecule has 5 nitrogen and oxygen atoms in total. The molecular formula is C14H23N3O2. The Morgan fingerprint density at radius 3 is 2.53 bits per heavy atom. The summed E-state index contributed by atoms with van der Waals surface area (Å²) in [7, 11) is 0. The number of aliphatic hydroxyl groups excluding tert-OH is 2. The number of piperazine rings is 1.